The molecule has 1 aliphatic carbocycles. The summed E-state index contributed by atoms with van der Waals surface area (Å²) >= 11 is 0. The zero-order chi connectivity index (χ0) is 13.0. The van der Waals surface area contributed by atoms with Gasteiger partial charge in [0.05, 0.1) is 11.8 Å². The van der Waals surface area contributed by atoms with Gasteiger partial charge in [0, 0.05) is 6.42 Å². The predicted octanol–water partition coefficient (Wildman–Crippen LogP) is 2.65. The molecule has 0 saturated heterocycles. The fraction of sp³-hybridized carbons (Fsp3) is 0.714. The first-order chi connectivity index (χ1) is 8.74. The Morgan fingerprint density at radius 2 is 2.11 bits per heavy atom. The highest BCUT2D eigenvalue weighted by Crippen LogP contribution is 2.25. The maximum atomic E-state index is 9.17. The van der Waals surface area contributed by atoms with Crippen LogP contribution in [-0.4, -0.2) is 17.9 Å². The molecular weight excluding hydrogens is 226 g/mol. The van der Waals surface area contributed by atoms with E-state index in [1.807, 2.05) is 0 Å². The molecule has 2 N–H and O–H groups in total. The molecule has 4 nitrogen and oxygen atoms in total. The lowest BCUT2D eigenvalue weighted by molar-refractivity contribution is 0.109. The normalized spacial score (nSPS) is 28.0. The number of nitriles is 1. The van der Waals surface area contributed by atoms with Crippen LogP contribution in [0.4, 0.5) is 0 Å². The summed E-state index contributed by atoms with van der Waals surface area (Å²) in [6.07, 6.45) is 7.76. The van der Waals surface area contributed by atoms with Crippen LogP contribution in [0, 0.1) is 11.3 Å². The van der Waals surface area contributed by atoms with E-state index in [4.69, 9.17) is 15.5 Å². The van der Waals surface area contributed by atoms with Gasteiger partial charge in [0.15, 0.2) is 0 Å². The van der Waals surface area contributed by atoms with Gasteiger partial charge in [-0.15, -0.1) is 0 Å². The van der Waals surface area contributed by atoms with Gasteiger partial charge < -0.3 is 10.5 Å². The molecule has 2 aliphatic rings. The number of nitrogens with zero attached hydrogens (tertiary/aromatic N) is 2. The quantitative estimate of drug-likeness (QED) is 0.815. The Kier molecular flexibility index (Phi) is 4.24. The molecule has 0 spiro atoms. The van der Waals surface area contributed by atoms with Gasteiger partial charge >= 0.3 is 0 Å². The molecule has 1 aliphatic heterocycles. The van der Waals surface area contributed by atoms with Crippen LogP contribution >= 0.6 is 0 Å². The molecule has 1 atom stereocenters. The molecule has 0 amide bonds. The number of aliphatic imine (C=N–C) groups is 1. The lowest BCUT2D eigenvalue weighted by Gasteiger charge is -2.26. The topological polar surface area (TPSA) is 71.4 Å². The first kappa shape index (κ1) is 12.9. The third kappa shape index (κ3) is 2.84. The average Bonchev–Trinajstić information content (AvgIpc) is 2.39. The van der Waals surface area contributed by atoms with Gasteiger partial charge in [-0.25, -0.2) is 0 Å². The standard InChI is InChI=1S/C14H21N3O/c1-2-11-8-13(12(9-15)14(16)18-11)17-10-6-4-3-5-7-10/h10-11H,2-8,16H2,1H3. The number of hydrogen-bond acceptors (Lipinski definition) is 4. The zero-order valence-corrected chi connectivity index (χ0v) is 11.0. The van der Waals surface area contributed by atoms with E-state index in [2.05, 4.69) is 13.0 Å². The van der Waals surface area contributed by atoms with Crippen molar-refractivity contribution >= 4 is 5.71 Å². The van der Waals surface area contributed by atoms with Crippen LogP contribution in [-0.2, 0) is 4.74 Å². The van der Waals surface area contributed by atoms with Crippen molar-refractivity contribution in [3.8, 4) is 6.07 Å². The second-order valence-corrected chi connectivity index (χ2v) is 5.07. The second kappa shape index (κ2) is 5.90. The molecule has 0 bridgehead atoms. The van der Waals surface area contributed by atoms with Gasteiger partial charge in [-0.1, -0.05) is 26.2 Å². The summed E-state index contributed by atoms with van der Waals surface area (Å²) in [5, 5.41) is 9.17. The molecule has 0 aromatic carbocycles. The molecule has 1 unspecified atom stereocenters. The van der Waals surface area contributed by atoms with Crippen LogP contribution < -0.4 is 5.73 Å². The Balaban J connectivity index is 2.20. The van der Waals surface area contributed by atoms with E-state index in [0.29, 0.717) is 11.6 Å². The van der Waals surface area contributed by atoms with E-state index < -0.39 is 0 Å². The van der Waals surface area contributed by atoms with Gasteiger partial charge in [-0.05, 0) is 19.3 Å². The molecular formula is C14H21N3O. The Morgan fingerprint density at radius 1 is 1.39 bits per heavy atom. The number of allylic oxidation sites excluding steroid dienone is 1. The molecule has 18 heavy (non-hydrogen) atoms. The van der Waals surface area contributed by atoms with Crippen molar-refractivity contribution in [3.05, 3.63) is 11.5 Å². The third-order valence-corrected chi connectivity index (χ3v) is 3.73. The summed E-state index contributed by atoms with van der Waals surface area (Å²) in [4.78, 5) is 4.77. The number of nitrogens with two attached hydrogens (primary N) is 1. The van der Waals surface area contributed by atoms with E-state index in [1.165, 1.54) is 19.3 Å². The lowest BCUT2D eigenvalue weighted by Crippen LogP contribution is -2.29. The highest BCUT2D eigenvalue weighted by Gasteiger charge is 2.26. The van der Waals surface area contributed by atoms with Crippen LogP contribution in [0.15, 0.2) is 16.4 Å². The van der Waals surface area contributed by atoms with E-state index in [1.54, 1.807) is 0 Å². The number of rotatable bonds is 2. The summed E-state index contributed by atoms with van der Waals surface area (Å²) in [5.74, 6) is 0.255. The van der Waals surface area contributed by atoms with Crippen molar-refractivity contribution in [3.63, 3.8) is 0 Å². The van der Waals surface area contributed by atoms with E-state index >= 15 is 0 Å². The Morgan fingerprint density at radius 3 is 2.72 bits per heavy atom. The smallest absolute Gasteiger partial charge is 0.204 e. The van der Waals surface area contributed by atoms with Crippen LogP contribution in [0.25, 0.3) is 0 Å². The van der Waals surface area contributed by atoms with Gasteiger partial charge in [0.1, 0.15) is 17.7 Å². The summed E-state index contributed by atoms with van der Waals surface area (Å²) < 4.78 is 5.51. The van der Waals surface area contributed by atoms with Crippen molar-refractivity contribution in [1.82, 2.24) is 0 Å². The van der Waals surface area contributed by atoms with Crippen molar-refractivity contribution in [2.45, 2.75) is 64.0 Å². The first-order valence-electron chi connectivity index (χ1n) is 6.88. The maximum Gasteiger partial charge on any atom is 0.204 e. The predicted molar refractivity (Wildman–Crippen MR) is 70.9 cm³/mol. The molecule has 0 radical (unpaired) electrons. The fourth-order valence-corrected chi connectivity index (χ4v) is 2.64. The van der Waals surface area contributed by atoms with Crippen molar-refractivity contribution in [2.24, 2.45) is 10.7 Å². The zero-order valence-electron chi connectivity index (χ0n) is 11.0. The van der Waals surface area contributed by atoms with Crippen LogP contribution in [0.2, 0.25) is 0 Å². The molecule has 1 fully saturated rings. The summed E-state index contributed by atoms with van der Waals surface area (Å²) in [5.41, 5.74) is 7.12. The molecule has 1 saturated carbocycles. The average molecular weight is 247 g/mol. The Hall–Kier alpha value is -1.50. The van der Waals surface area contributed by atoms with Gasteiger partial charge in [-0.2, -0.15) is 5.26 Å². The van der Waals surface area contributed by atoms with Crippen LogP contribution in [0.1, 0.15) is 51.9 Å². The van der Waals surface area contributed by atoms with Gasteiger partial charge in [-0.3, -0.25) is 4.99 Å². The highest BCUT2D eigenvalue weighted by molar-refractivity contribution is 6.04. The molecule has 0 aromatic rings. The lowest BCUT2D eigenvalue weighted by atomic mass is 9.94. The monoisotopic (exact) mass is 247 g/mol. The Bertz CT molecular complexity index is 400. The largest absolute Gasteiger partial charge is 0.475 e. The fourth-order valence-electron chi connectivity index (χ4n) is 2.64. The minimum Gasteiger partial charge on any atom is -0.475 e. The van der Waals surface area contributed by atoms with Crippen molar-refractivity contribution in [2.75, 3.05) is 0 Å². The second-order valence-electron chi connectivity index (χ2n) is 5.07. The number of hydrogen-bond donors (Lipinski definition) is 1. The van der Waals surface area contributed by atoms with Gasteiger partial charge in [0.2, 0.25) is 5.88 Å². The summed E-state index contributed by atoms with van der Waals surface area (Å²) in [7, 11) is 0. The first-order valence-corrected chi connectivity index (χ1v) is 6.88. The van der Waals surface area contributed by atoms with E-state index in [9.17, 15) is 5.26 Å². The molecule has 2 rings (SSSR count). The highest BCUT2D eigenvalue weighted by atomic mass is 16.5. The van der Waals surface area contributed by atoms with Crippen LogP contribution in [0.5, 0.6) is 0 Å². The molecule has 1 heterocycles. The van der Waals surface area contributed by atoms with E-state index in [-0.39, 0.29) is 12.0 Å². The summed E-state index contributed by atoms with van der Waals surface area (Å²) in [6.45, 7) is 2.06. The van der Waals surface area contributed by atoms with Gasteiger partial charge in [0.25, 0.3) is 0 Å². The maximum absolute atomic E-state index is 9.17. The summed E-state index contributed by atoms with van der Waals surface area (Å²) in [6, 6.07) is 2.51. The third-order valence-electron chi connectivity index (χ3n) is 3.73. The Labute approximate surface area is 109 Å². The minimum absolute atomic E-state index is 0.0736. The minimum atomic E-state index is 0.0736. The van der Waals surface area contributed by atoms with Crippen LogP contribution in [0.3, 0.4) is 0 Å². The number of ether oxygens (including phenoxy) is 1. The van der Waals surface area contributed by atoms with Crippen molar-refractivity contribution < 1.29 is 4.74 Å². The van der Waals surface area contributed by atoms with E-state index in [0.717, 1.165) is 31.4 Å². The molecule has 0 aromatic heterocycles. The molecule has 98 valence electrons. The van der Waals surface area contributed by atoms with Crippen molar-refractivity contribution in [1.29, 1.82) is 5.26 Å². The SMILES string of the molecule is CCC1CC(=NC2CCCCC2)C(C#N)=C(N)O1. The molecule has 4 heteroatoms.